The quantitative estimate of drug-likeness (QED) is 0.270. The van der Waals surface area contributed by atoms with Crippen LogP contribution in [0, 0.1) is 25.2 Å². The molecule has 0 amide bonds. The lowest BCUT2D eigenvalue weighted by Crippen LogP contribution is -2.00. The van der Waals surface area contributed by atoms with Crippen LogP contribution in [-0.2, 0) is 0 Å². The Labute approximate surface area is 208 Å². The van der Waals surface area contributed by atoms with E-state index in [2.05, 4.69) is 37.3 Å². The van der Waals surface area contributed by atoms with Gasteiger partial charge in [0, 0.05) is 11.1 Å². The molecule has 5 nitrogen and oxygen atoms in total. The van der Waals surface area contributed by atoms with Gasteiger partial charge in [-0.05, 0) is 38.1 Å². The Balaban J connectivity index is 1.79. The topological polar surface area (TPSA) is 67.6 Å². The van der Waals surface area contributed by atoms with Gasteiger partial charge < -0.3 is 4.42 Å². The van der Waals surface area contributed by atoms with Crippen LogP contribution in [0.3, 0.4) is 0 Å². The second kappa shape index (κ2) is 8.68. The summed E-state index contributed by atoms with van der Waals surface area (Å²) in [6.45, 7) is 4.10. The molecule has 0 fully saturated rings. The third kappa shape index (κ3) is 3.57. The number of nitrogens with zero attached hydrogens (tertiary/aromatic N) is 4. The van der Waals surface area contributed by atoms with E-state index in [4.69, 9.17) is 14.5 Å². The lowest BCUT2D eigenvalue weighted by molar-refractivity contribution is 0.583. The zero-order chi connectivity index (χ0) is 24.6. The number of furan rings is 1. The molecule has 0 spiro atoms. The molecule has 0 aliphatic rings. The Kier molecular flexibility index (Phi) is 5.20. The first-order chi connectivity index (χ1) is 17.6. The molecule has 0 unspecified atom stereocenters. The lowest BCUT2D eigenvalue weighted by Gasteiger charge is -2.12. The minimum atomic E-state index is 0.460. The van der Waals surface area contributed by atoms with Crippen molar-refractivity contribution >= 4 is 11.0 Å². The Hall–Kier alpha value is -4.95. The van der Waals surface area contributed by atoms with Crippen molar-refractivity contribution < 1.29 is 4.42 Å². The predicted molar refractivity (Wildman–Crippen MR) is 142 cm³/mol. The van der Waals surface area contributed by atoms with Gasteiger partial charge in [0.2, 0.25) is 0 Å². The Morgan fingerprint density at radius 3 is 1.97 bits per heavy atom. The number of fused-ring (bicyclic) bond motifs is 1. The Morgan fingerprint density at radius 1 is 0.750 bits per heavy atom. The van der Waals surface area contributed by atoms with Crippen LogP contribution in [0.2, 0.25) is 0 Å². The van der Waals surface area contributed by atoms with E-state index in [0.29, 0.717) is 28.2 Å². The molecule has 6 aromatic rings. The third-order valence-corrected chi connectivity index (χ3v) is 6.35. The van der Waals surface area contributed by atoms with Crippen LogP contribution in [0.1, 0.15) is 16.7 Å². The molecule has 3 heterocycles. The highest BCUT2D eigenvalue weighted by Gasteiger charge is 2.26. The van der Waals surface area contributed by atoms with Gasteiger partial charge in [0.25, 0.3) is 0 Å². The number of nitriles is 1. The van der Waals surface area contributed by atoms with Gasteiger partial charge in [0.05, 0.1) is 34.2 Å². The Bertz CT molecular complexity index is 1720. The number of aryl methyl sites for hydroxylation is 2. The molecule has 0 saturated heterocycles. The second-order valence-corrected chi connectivity index (χ2v) is 8.83. The van der Waals surface area contributed by atoms with Gasteiger partial charge in [-0.2, -0.15) is 10.4 Å². The van der Waals surface area contributed by atoms with Crippen molar-refractivity contribution in [1.82, 2.24) is 14.8 Å². The van der Waals surface area contributed by atoms with Gasteiger partial charge in [-0.15, -0.1) is 0 Å². The molecule has 172 valence electrons. The molecule has 6 rings (SSSR count). The number of hydrogen-bond donors (Lipinski definition) is 0. The summed E-state index contributed by atoms with van der Waals surface area (Å²) in [6, 6.07) is 32.4. The maximum atomic E-state index is 10.4. The van der Waals surface area contributed by atoms with Crippen LogP contribution in [0.25, 0.3) is 50.6 Å². The summed E-state index contributed by atoms with van der Waals surface area (Å²) in [5, 5.41) is 16.3. The van der Waals surface area contributed by atoms with E-state index < -0.39 is 0 Å². The summed E-state index contributed by atoms with van der Waals surface area (Å²) >= 11 is 0. The van der Waals surface area contributed by atoms with Gasteiger partial charge in [-0.3, -0.25) is 0 Å². The number of benzene rings is 3. The van der Waals surface area contributed by atoms with E-state index in [9.17, 15) is 5.26 Å². The number of para-hydroxylation sites is 1. The largest absolute Gasteiger partial charge is 0.464 e. The van der Waals surface area contributed by atoms with Crippen LogP contribution in [-0.4, -0.2) is 14.8 Å². The highest BCUT2D eigenvalue weighted by molar-refractivity contribution is 6.06. The molecule has 0 aliphatic heterocycles. The summed E-state index contributed by atoms with van der Waals surface area (Å²) in [4.78, 5) is 5.09. The molecule has 0 aliphatic carbocycles. The van der Waals surface area contributed by atoms with E-state index >= 15 is 0 Å². The fourth-order valence-corrected chi connectivity index (χ4v) is 4.51. The molecule has 0 N–H and O–H groups in total. The fourth-order valence-electron chi connectivity index (χ4n) is 4.51. The Morgan fingerprint density at radius 2 is 1.39 bits per heavy atom. The van der Waals surface area contributed by atoms with Crippen molar-refractivity contribution in [2.75, 3.05) is 0 Å². The van der Waals surface area contributed by atoms with E-state index in [-0.39, 0.29) is 0 Å². The average molecular weight is 467 g/mol. The number of rotatable bonds is 4. The summed E-state index contributed by atoms with van der Waals surface area (Å²) in [6.07, 6.45) is 1.63. The first-order valence-electron chi connectivity index (χ1n) is 11.7. The highest BCUT2D eigenvalue weighted by atomic mass is 16.3. The number of hydrogen-bond acceptors (Lipinski definition) is 4. The van der Waals surface area contributed by atoms with Crippen LogP contribution in [0.4, 0.5) is 0 Å². The van der Waals surface area contributed by atoms with E-state index in [1.54, 1.807) is 6.26 Å². The minimum Gasteiger partial charge on any atom is -0.464 e. The van der Waals surface area contributed by atoms with Gasteiger partial charge in [0.1, 0.15) is 17.5 Å². The predicted octanol–water partition coefficient (Wildman–Crippen LogP) is 7.50. The van der Waals surface area contributed by atoms with Crippen LogP contribution < -0.4 is 0 Å². The van der Waals surface area contributed by atoms with Crippen molar-refractivity contribution in [1.29, 1.82) is 5.26 Å². The van der Waals surface area contributed by atoms with Crippen molar-refractivity contribution in [2.45, 2.75) is 13.8 Å². The SMILES string of the molecule is Cc1ccc(-c2nc3c(c(-c4ccc(C)cc4)nn3-c3ccccc3)c(-c3ccco3)c2C#N)cc1. The van der Waals surface area contributed by atoms with Crippen molar-refractivity contribution in [3.05, 3.63) is 114 Å². The van der Waals surface area contributed by atoms with Crippen LogP contribution in [0.15, 0.2) is 102 Å². The summed E-state index contributed by atoms with van der Waals surface area (Å²) < 4.78 is 7.75. The molecule has 5 heteroatoms. The maximum absolute atomic E-state index is 10.4. The molecule has 3 aromatic carbocycles. The number of pyridine rings is 1. The zero-order valence-electron chi connectivity index (χ0n) is 19.9. The molecule has 0 bridgehead atoms. The average Bonchev–Trinajstić information content (AvgIpc) is 3.58. The van der Waals surface area contributed by atoms with E-state index in [1.807, 2.05) is 78.3 Å². The molecular formula is C31H22N4O. The normalized spacial score (nSPS) is 11.0. The summed E-state index contributed by atoms with van der Waals surface area (Å²) in [5.41, 5.74) is 8.17. The van der Waals surface area contributed by atoms with Crippen molar-refractivity contribution in [2.24, 2.45) is 0 Å². The monoisotopic (exact) mass is 466 g/mol. The third-order valence-electron chi connectivity index (χ3n) is 6.35. The van der Waals surface area contributed by atoms with Gasteiger partial charge in [-0.1, -0.05) is 77.9 Å². The lowest BCUT2D eigenvalue weighted by atomic mass is 9.95. The van der Waals surface area contributed by atoms with Crippen LogP contribution in [0.5, 0.6) is 0 Å². The van der Waals surface area contributed by atoms with Gasteiger partial charge in [-0.25, -0.2) is 9.67 Å². The molecule has 0 atom stereocenters. The zero-order valence-corrected chi connectivity index (χ0v) is 19.9. The first kappa shape index (κ1) is 21.6. The van der Waals surface area contributed by atoms with Crippen molar-refractivity contribution in [3.63, 3.8) is 0 Å². The standard InChI is InChI=1S/C31H22N4O/c1-20-10-14-22(15-11-20)29-25(19-32)27(26-9-6-18-36-26)28-30(23-16-12-21(2)13-17-23)34-35(31(28)33-29)24-7-4-3-5-8-24/h3-18H,1-2H3. The van der Waals surface area contributed by atoms with E-state index in [0.717, 1.165) is 39.0 Å². The van der Waals surface area contributed by atoms with E-state index in [1.165, 1.54) is 0 Å². The second-order valence-electron chi connectivity index (χ2n) is 8.83. The number of aromatic nitrogens is 3. The van der Waals surface area contributed by atoms with Crippen molar-refractivity contribution in [3.8, 4) is 45.6 Å². The molecule has 0 radical (unpaired) electrons. The molecular weight excluding hydrogens is 444 g/mol. The first-order valence-corrected chi connectivity index (χ1v) is 11.7. The van der Waals surface area contributed by atoms with Gasteiger partial charge in [0.15, 0.2) is 5.65 Å². The molecule has 36 heavy (non-hydrogen) atoms. The van der Waals surface area contributed by atoms with Crippen LogP contribution >= 0.6 is 0 Å². The minimum absolute atomic E-state index is 0.460. The fraction of sp³-hybridized carbons (Fsp3) is 0.0645. The smallest absolute Gasteiger partial charge is 0.165 e. The summed E-state index contributed by atoms with van der Waals surface area (Å²) in [7, 11) is 0. The summed E-state index contributed by atoms with van der Waals surface area (Å²) in [5.74, 6) is 0.605. The maximum Gasteiger partial charge on any atom is 0.165 e. The molecule has 0 saturated carbocycles. The highest BCUT2D eigenvalue weighted by Crippen LogP contribution is 2.42. The van der Waals surface area contributed by atoms with Gasteiger partial charge >= 0.3 is 0 Å². The molecule has 3 aromatic heterocycles.